The maximum Gasteiger partial charge on any atom is 0.451 e. The Labute approximate surface area is 110 Å². The van der Waals surface area contributed by atoms with Gasteiger partial charge in [0.25, 0.3) is 5.91 Å². The first kappa shape index (κ1) is 13.8. The number of alkyl halides is 3. The standard InChI is InChI=1S/C10H8F3N5O2/c1-20-6-3-2-5(4-14-6)7(19)15-9-16-8(17-18-9)10(11,12)13/h2-4H,1H3,(H2,15,16,17,18,19). The van der Waals surface area contributed by atoms with Crippen molar-refractivity contribution in [3.8, 4) is 5.88 Å². The van der Waals surface area contributed by atoms with Gasteiger partial charge in [-0.25, -0.2) is 4.98 Å². The fourth-order valence-corrected chi connectivity index (χ4v) is 1.25. The number of pyridine rings is 1. The van der Waals surface area contributed by atoms with Gasteiger partial charge in [0.2, 0.25) is 17.7 Å². The van der Waals surface area contributed by atoms with E-state index in [9.17, 15) is 18.0 Å². The molecule has 2 heterocycles. The summed E-state index contributed by atoms with van der Waals surface area (Å²) >= 11 is 0. The van der Waals surface area contributed by atoms with Crippen LogP contribution in [0.5, 0.6) is 5.88 Å². The summed E-state index contributed by atoms with van der Waals surface area (Å²) in [5.74, 6) is -2.15. The summed E-state index contributed by atoms with van der Waals surface area (Å²) in [7, 11) is 1.41. The molecule has 0 spiro atoms. The Kier molecular flexibility index (Phi) is 3.55. The molecule has 2 aromatic heterocycles. The highest BCUT2D eigenvalue weighted by Gasteiger charge is 2.35. The third-order valence-electron chi connectivity index (χ3n) is 2.19. The molecule has 0 saturated heterocycles. The molecule has 1 amide bonds. The third-order valence-corrected chi connectivity index (χ3v) is 2.19. The Hall–Kier alpha value is -2.65. The second kappa shape index (κ2) is 5.15. The highest BCUT2D eigenvalue weighted by atomic mass is 19.4. The van der Waals surface area contributed by atoms with E-state index in [4.69, 9.17) is 4.74 Å². The number of hydrogen-bond acceptors (Lipinski definition) is 5. The number of nitrogens with zero attached hydrogens (tertiary/aromatic N) is 3. The summed E-state index contributed by atoms with van der Waals surface area (Å²) < 4.78 is 41.6. The van der Waals surface area contributed by atoms with Crippen LogP contribution in [0.4, 0.5) is 19.1 Å². The van der Waals surface area contributed by atoms with E-state index in [0.29, 0.717) is 5.88 Å². The molecule has 0 aliphatic heterocycles. The Balaban J connectivity index is 2.09. The van der Waals surface area contributed by atoms with Gasteiger partial charge in [-0.1, -0.05) is 0 Å². The maximum atomic E-state index is 12.3. The predicted octanol–water partition coefficient (Wildman–Crippen LogP) is 1.48. The minimum absolute atomic E-state index is 0.129. The van der Waals surface area contributed by atoms with Crippen LogP contribution in [-0.4, -0.2) is 33.2 Å². The van der Waals surface area contributed by atoms with E-state index in [2.05, 4.69) is 20.4 Å². The molecule has 2 aromatic rings. The lowest BCUT2D eigenvalue weighted by Crippen LogP contribution is -2.13. The van der Waals surface area contributed by atoms with Crippen molar-refractivity contribution >= 4 is 11.9 Å². The molecule has 106 valence electrons. The van der Waals surface area contributed by atoms with Crippen molar-refractivity contribution < 1.29 is 22.7 Å². The van der Waals surface area contributed by atoms with Crippen LogP contribution < -0.4 is 10.1 Å². The van der Waals surface area contributed by atoms with Crippen molar-refractivity contribution in [3.63, 3.8) is 0 Å². The lowest BCUT2D eigenvalue weighted by molar-refractivity contribution is -0.144. The normalized spacial score (nSPS) is 11.2. The van der Waals surface area contributed by atoms with Gasteiger partial charge < -0.3 is 4.74 Å². The summed E-state index contributed by atoms with van der Waals surface area (Å²) in [6, 6.07) is 2.84. The van der Waals surface area contributed by atoms with Crippen molar-refractivity contribution in [1.29, 1.82) is 0 Å². The topological polar surface area (TPSA) is 92.8 Å². The minimum Gasteiger partial charge on any atom is -0.481 e. The van der Waals surface area contributed by atoms with E-state index < -0.39 is 23.9 Å². The number of ether oxygens (including phenoxy) is 1. The van der Waals surface area contributed by atoms with E-state index in [1.807, 2.05) is 0 Å². The number of H-pyrrole nitrogens is 1. The Morgan fingerprint density at radius 3 is 2.65 bits per heavy atom. The zero-order valence-corrected chi connectivity index (χ0v) is 10.0. The van der Waals surface area contributed by atoms with Crippen molar-refractivity contribution in [3.05, 3.63) is 29.7 Å². The molecule has 0 aromatic carbocycles. The van der Waals surface area contributed by atoms with Gasteiger partial charge in [0.15, 0.2) is 0 Å². The molecule has 0 fully saturated rings. The van der Waals surface area contributed by atoms with Crippen LogP contribution in [0.25, 0.3) is 0 Å². The van der Waals surface area contributed by atoms with Gasteiger partial charge in [0.05, 0.1) is 12.7 Å². The molecule has 0 saturated carbocycles. The number of carbonyl (C=O) groups is 1. The van der Waals surface area contributed by atoms with Gasteiger partial charge in [-0.3, -0.25) is 15.2 Å². The summed E-state index contributed by atoms with van der Waals surface area (Å²) in [6.07, 6.45) is -3.44. The quantitative estimate of drug-likeness (QED) is 0.892. The van der Waals surface area contributed by atoms with Crippen LogP contribution in [0, 0.1) is 0 Å². The molecular weight excluding hydrogens is 279 g/mol. The molecule has 0 unspecified atom stereocenters. The number of rotatable bonds is 3. The number of hydrogen-bond donors (Lipinski definition) is 2. The van der Waals surface area contributed by atoms with Gasteiger partial charge in [-0.05, 0) is 6.07 Å². The fourth-order valence-electron chi connectivity index (χ4n) is 1.25. The molecule has 2 rings (SSSR count). The van der Waals surface area contributed by atoms with Crippen LogP contribution in [-0.2, 0) is 6.18 Å². The van der Waals surface area contributed by atoms with Crippen molar-refractivity contribution in [2.24, 2.45) is 0 Å². The molecule has 2 N–H and O–H groups in total. The van der Waals surface area contributed by atoms with Crippen LogP contribution in [0.2, 0.25) is 0 Å². The highest BCUT2D eigenvalue weighted by Crippen LogP contribution is 2.26. The summed E-state index contributed by atoms with van der Waals surface area (Å²) in [5.41, 5.74) is 0.129. The van der Waals surface area contributed by atoms with Crippen molar-refractivity contribution in [2.45, 2.75) is 6.18 Å². The average Bonchev–Trinajstić information content (AvgIpc) is 2.87. The summed E-state index contributed by atoms with van der Waals surface area (Å²) in [5, 5.41) is 7.05. The van der Waals surface area contributed by atoms with Gasteiger partial charge >= 0.3 is 6.18 Å². The summed E-state index contributed by atoms with van der Waals surface area (Å²) in [6.45, 7) is 0. The number of aromatic nitrogens is 4. The van der Waals surface area contributed by atoms with Crippen molar-refractivity contribution in [2.75, 3.05) is 12.4 Å². The number of anilines is 1. The van der Waals surface area contributed by atoms with Crippen LogP contribution in [0.1, 0.15) is 16.2 Å². The molecule has 0 aliphatic rings. The molecule has 7 nitrogen and oxygen atoms in total. The van der Waals surface area contributed by atoms with Gasteiger partial charge in [0.1, 0.15) is 0 Å². The SMILES string of the molecule is COc1ccc(C(=O)Nc2n[nH]c(C(F)(F)F)n2)cn1. The zero-order valence-electron chi connectivity index (χ0n) is 10.0. The third kappa shape index (κ3) is 3.02. The molecule has 0 bridgehead atoms. The highest BCUT2D eigenvalue weighted by molar-refractivity contribution is 6.03. The smallest absolute Gasteiger partial charge is 0.451 e. The maximum absolute atomic E-state index is 12.3. The number of amides is 1. The number of aromatic amines is 1. The molecule has 20 heavy (non-hydrogen) atoms. The molecule has 0 atom stereocenters. The number of methoxy groups -OCH3 is 1. The van der Waals surface area contributed by atoms with Gasteiger partial charge in [-0.2, -0.15) is 18.2 Å². The van der Waals surface area contributed by atoms with Gasteiger partial charge in [0, 0.05) is 12.3 Å². The van der Waals surface area contributed by atoms with Crippen molar-refractivity contribution in [1.82, 2.24) is 20.2 Å². The van der Waals surface area contributed by atoms with E-state index in [0.717, 1.165) is 0 Å². The Bertz CT molecular complexity index is 608. The second-order valence-electron chi connectivity index (χ2n) is 3.55. The van der Waals surface area contributed by atoms with Crippen LogP contribution in [0.15, 0.2) is 18.3 Å². The average molecular weight is 287 g/mol. The lowest BCUT2D eigenvalue weighted by Gasteiger charge is -2.02. The first-order valence-corrected chi connectivity index (χ1v) is 5.21. The van der Waals surface area contributed by atoms with E-state index in [1.165, 1.54) is 25.4 Å². The number of nitrogens with one attached hydrogen (secondary N) is 2. The summed E-state index contributed by atoms with van der Waals surface area (Å²) in [4.78, 5) is 18.6. The lowest BCUT2D eigenvalue weighted by atomic mass is 10.3. The van der Waals surface area contributed by atoms with E-state index >= 15 is 0 Å². The minimum atomic E-state index is -4.66. The molecule has 0 radical (unpaired) electrons. The van der Waals surface area contributed by atoms with E-state index in [-0.39, 0.29) is 5.56 Å². The second-order valence-corrected chi connectivity index (χ2v) is 3.55. The number of halogens is 3. The van der Waals surface area contributed by atoms with Crippen LogP contribution >= 0.6 is 0 Å². The molecular formula is C10H8F3N5O2. The predicted molar refractivity (Wildman–Crippen MR) is 60.1 cm³/mol. The van der Waals surface area contributed by atoms with Gasteiger partial charge in [-0.15, -0.1) is 5.10 Å². The molecule has 10 heteroatoms. The number of carbonyl (C=O) groups excluding carboxylic acids is 1. The van der Waals surface area contributed by atoms with E-state index in [1.54, 1.807) is 5.10 Å². The monoisotopic (exact) mass is 287 g/mol. The first-order chi connectivity index (χ1) is 9.40. The Morgan fingerprint density at radius 1 is 1.40 bits per heavy atom. The fraction of sp³-hybridized carbons (Fsp3) is 0.200. The molecule has 0 aliphatic carbocycles. The first-order valence-electron chi connectivity index (χ1n) is 5.21. The van der Waals surface area contributed by atoms with Crippen LogP contribution in [0.3, 0.4) is 0 Å². The zero-order chi connectivity index (χ0) is 14.8. The Morgan fingerprint density at radius 2 is 2.15 bits per heavy atom. The largest absolute Gasteiger partial charge is 0.481 e.